The highest BCUT2D eigenvalue weighted by atomic mass is 35.5. The van der Waals surface area contributed by atoms with Crippen LogP contribution in [0.25, 0.3) is 0 Å². The van der Waals surface area contributed by atoms with E-state index >= 15 is 0 Å². The summed E-state index contributed by atoms with van der Waals surface area (Å²) in [5, 5.41) is 17.6. The molecule has 0 amide bonds. The molecule has 0 aliphatic carbocycles. The van der Waals surface area contributed by atoms with Crippen LogP contribution >= 0.6 is 37.2 Å². The van der Waals surface area contributed by atoms with Gasteiger partial charge in [0, 0.05) is 13.0 Å². The molecule has 0 bridgehead atoms. The monoisotopic (exact) mass is 267 g/mol. The normalized spacial score (nSPS) is 7.14. The van der Waals surface area contributed by atoms with E-state index in [1.54, 1.807) is 0 Å². The summed E-state index contributed by atoms with van der Waals surface area (Å²) in [5.41, 5.74) is 4.99. The molecule has 5 N–H and O–H groups in total. The predicted molar refractivity (Wildman–Crippen MR) is 63.1 cm³/mol. The van der Waals surface area contributed by atoms with Crippen molar-refractivity contribution in [1.29, 1.82) is 5.41 Å². The van der Waals surface area contributed by atoms with Gasteiger partial charge in [0.1, 0.15) is 0 Å². The average Bonchev–Trinajstić information content (AvgIpc) is 1.85. The highest BCUT2D eigenvalue weighted by Crippen LogP contribution is 1.92. The molecule has 0 spiro atoms. The maximum Gasteiger partial charge on any atom is 0.303 e. The molecule has 0 aromatic rings. The Bertz CT molecular complexity index is 141. The van der Waals surface area contributed by atoms with Gasteiger partial charge in [0.15, 0.2) is 5.96 Å². The van der Waals surface area contributed by atoms with Gasteiger partial charge in [0.2, 0.25) is 0 Å². The first-order chi connectivity index (χ1) is 5.13. The van der Waals surface area contributed by atoms with E-state index in [4.69, 9.17) is 16.2 Å². The third-order valence-corrected chi connectivity index (χ3v) is 1.13. The molecule has 0 aromatic carbocycles. The third-order valence-electron chi connectivity index (χ3n) is 1.13. The first kappa shape index (κ1) is 23.4. The molecule has 0 heterocycles. The number of carbonyl (C=O) groups is 1. The van der Waals surface area contributed by atoms with Crippen molar-refractivity contribution in [1.82, 2.24) is 5.32 Å². The number of guanidine groups is 1. The Balaban J connectivity index is -0.000000167. The van der Waals surface area contributed by atoms with E-state index in [1.807, 2.05) is 0 Å². The molecule has 0 aromatic heterocycles. The topological polar surface area (TPSA) is 99.2 Å². The van der Waals surface area contributed by atoms with Crippen molar-refractivity contribution in [2.75, 3.05) is 6.54 Å². The van der Waals surface area contributed by atoms with Gasteiger partial charge in [-0.3, -0.25) is 10.2 Å². The van der Waals surface area contributed by atoms with Crippen LogP contribution in [-0.2, 0) is 4.79 Å². The van der Waals surface area contributed by atoms with Crippen molar-refractivity contribution in [2.24, 2.45) is 5.73 Å². The van der Waals surface area contributed by atoms with Gasteiger partial charge in [-0.25, -0.2) is 0 Å². The number of unbranched alkanes of at least 4 members (excludes halogenated alkanes) is 1. The van der Waals surface area contributed by atoms with Gasteiger partial charge in [-0.05, 0) is 12.8 Å². The van der Waals surface area contributed by atoms with Gasteiger partial charge in [-0.1, -0.05) is 0 Å². The van der Waals surface area contributed by atoms with Gasteiger partial charge >= 0.3 is 5.97 Å². The van der Waals surface area contributed by atoms with Crippen LogP contribution in [0, 0.1) is 5.41 Å². The summed E-state index contributed by atoms with van der Waals surface area (Å²) in [7, 11) is 0. The molecule has 0 atom stereocenters. The smallest absolute Gasteiger partial charge is 0.303 e. The highest BCUT2D eigenvalue weighted by molar-refractivity contribution is 5.86. The molecule has 88 valence electrons. The Hall–Kier alpha value is -0.390. The second-order valence-electron chi connectivity index (χ2n) is 2.19. The van der Waals surface area contributed by atoms with E-state index in [-0.39, 0.29) is 49.6 Å². The number of halogens is 3. The standard InChI is InChI=1S/C6H13N3O2.3ClH/c7-6(8)9-4-2-1-3-5(10)11;;;/h1-4H2,(H,10,11)(H4,7,8,9);3*1H. The van der Waals surface area contributed by atoms with E-state index < -0.39 is 5.97 Å². The van der Waals surface area contributed by atoms with Crippen molar-refractivity contribution in [2.45, 2.75) is 19.3 Å². The highest BCUT2D eigenvalue weighted by Gasteiger charge is 1.95. The second kappa shape index (κ2) is 15.1. The number of hydrogen-bond acceptors (Lipinski definition) is 2. The first-order valence-corrected chi connectivity index (χ1v) is 3.42. The van der Waals surface area contributed by atoms with Crippen LogP contribution in [0.3, 0.4) is 0 Å². The Kier molecular flexibility index (Phi) is 25.3. The molecule has 8 heteroatoms. The summed E-state index contributed by atoms with van der Waals surface area (Å²) in [6, 6.07) is 0. The van der Waals surface area contributed by atoms with E-state index in [2.05, 4.69) is 5.32 Å². The predicted octanol–water partition coefficient (Wildman–Crippen LogP) is 0.990. The number of nitrogens with one attached hydrogen (secondary N) is 2. The maximum absolute atomic E-state index is 10.0. The molecule has 5 nitrogen and oxygen atoms in total. The summed E-state index contributed by atoms with van der Waals surface area (Å²) in [6.45, 7) is 0.572. The Morgan fingerprint density at radius 2 is 1.79 bits per heavy atom. The molecular weight excluding hydrogens is 252 g/mol. The molecule has 0 aliphatic rings. The van der Waals surface area contributed by atoms with Crippen LogP contribution in [0.15, 0.2) is 0 Å². The fraction of sp³-hybridized carbons (Fsp3) is 0.667. The molecule has 0 saturated heterocycles. The van der Waals surface area contributed by atoms with Crippen molar-refractivity contribution in [3.8, 4) is 0 Å². The number of nitrogens with two attached hydrogens (primary N) is 1. The number of rotatable bonds is 5. The lowest BCUT2D eigenvalue weighted by Crippen LogP contribution is -2.30. The molecule has 14 heavy (non-hydrogen) atoms. The zero-order valence-corrected chi connectivity index (χ0v) is 9.94. The van der Waals surface area contributed by atoms with Gasteiger partial charge in [0.25, 0.3) is 0 Å². The fourth-order valence-corrected chi connectivity index (χ4v) is 0.624. The Morgan fingerprint density at radius 1 is 1.29 bits per heavy atom. The Morgan fingerprint density at radius 3 is 2.14 bits per heavy atom. The summed E-state index contributed by atoms with van der Waals surface area (Å²) >= 11 is 0. The molecule has 0 unspecified atom stereocenters. The quantitative estimate of drug-likeness (QED) is 0.339. The largest absolute Gasteiger partial charge is 0.481 e. The summed E-state index contributed by atoms with van der Waals surface area (Å²) in [5.74, 6) is -0.854. The van der Waals surface area contributed by atoms with Crippen molar-refractivity contribution in [3.05, 3.63) is 0 Å². The van der Waals surface area contributed by atoms with Gasteiger partial charge in [-0.2, -0.15) is 0 Å². The lowest BCUT2D eigenvalue weighted by Gasteiger charge is -2.00. The van der Waals surface area contributed by atoms with Crippen molar-refractivity contribution in [3.63, 3.8) is 0 Å². The van der Waals surface area contributed by atoms with Crippen molar-refractivity contribution >= 4 is 49.1 Å². The molecule has 0 saturated carbocycles. The van der Waals surface area contributed by atoms with E-state index in [9.17, 15) is 4.79 Å². The van der Waals surface area contributed by atoms with Crippen LogP contribution in [0.5, 0.6) is 0 Å². The van der Waals surface area contributed by atoms with Crippen LogP contribution in [-0.4, -0.2) is 23.6 Å². The summed E-state index contributed by atoms with van der Waals surface area (Å²) < 4.78 is 0. The lowest BCUT2D eigenvalue weighted by molar-refractivity contribution is -0.137. The van der Waals surface area contributed by atoms with Gasteiger partial charge < -0.3 is 16.2 Å². The average molecular weight is 269 g/mol. The van der Waals surface area contributed by atoms with E-state index in [1.165, 1.54) is 0 Å². The summed E-state index contributed by atoms with van der Waals surface area (Å²) in [6.07, 6.45) is 1.53. The Labute approximate surface area is 102 Å². The fourth-order valence-electron chi connectivity index (χ4n) is 0.624. The van der Waals surface area contributed by atoms with E-state index in [0.717, 1.165) is 6.42 Å². The lowest BCUT2D eigenvalue weighted by atomic mass is 10.2. The first-order valence-electron chi connectivity index (χ1n) is 3.42. The number of hydrogen-bond donors (Lipinski definition) is 4. The van der Waals surface area contributed by atoms with Crippen LogP contribution in [0.1, 0.15) is 19.3 Å². The van der Waals surface area contributed by atoms with Crippen LogP contribution in [0.4, 0.5) is 0 Å². The van der Waals surface area contributed by atoms with E-state index in [0.29, 0.717) is 13.0 Å². The number of carboxylic acids is 1. The molecule has 0 fully saturated rings. The molecular formula is C6H16Cl3N3O2. The van der Waals surface area contributed by atoms with Crippen LogP contribution in [0.2, 0.25) is 0 Å². The molecule has 0 radical (unpaired) electrons. The molecule has 0 aliphatic heterocycles. The summed E-state index contributed by atoms with van der Waals surface area (Å²) in [4.78, 5) is 10.0. The SMILES string of the molecule is Cl.Cl.Cl.N=C(N)NCCCCC(=O)O. The second-order valence-corrected chi connectivity index (χ2v) is 2.19. The maximum atomic E-state index is 10.0. The minimum atomic E-state index is -0.784. The zero-order valence-electron chi connectivity index (χ0n) is 7.49. The minimum absolute atomic E-state index is 0. The number of aliphatic carboxylic acids is 1. The minimum Gasteiger partial charge on any atom is -0.481 e. The third kappa shape index (κ3) is 22.6. The van der Waals surface area contributed by atoms with Gasteiger partial charge in [0.05, 0.1) is 0 Å². The molecule has 0 rings (SSSR count). The van der Waals surface area contributed by atoms with Crippen LogP contribution < -0.4 is 11.1 Å². The van der Waals surface area contributed by atoms with Crippen molar-refractivity contribution < 1.29 is 9.90 Å². The number of carboxylic acid groups (broad SMARTS) is 1. The van der Waals surface area contributed by atoms with Gasteiger partial charge in [-0.15, -0.1) is 37.2 Å². The zero-order chi connectivity index (χ0) is 8.69.